The predicted octanol–water partition coefficient (Wildman–Crippen LogP) is 13.9. The number of oxazole rings is 1. The van der Waals surface area contributed by atoms with E-state index in [2.05, 4.69) is 138 Å². The van der Waals surface area contributed by atoms with Crippen molar-refractivity contribution in [3.05, 3.63) is 194 Å². The van der Waals surface area contributed by atoms with Crippen LogP contribution in [-0.2, 0) is 0 Å². The molecule has 250 valence electrons. The molecule has 4 nitrogen and oxygen atoms in total. The Labute approximate surface area is 306 Å². The zero-order valence-electron chi connectivity index (χ0n) is 28.7. The van der Waals surface area contributed by atoms with E-state index in [9.17, 15) is 0 Å². The lowest BCUT2D eigenvalue weighted by molar-refractivity contribution is 0.619. The first kappa shape index (κ1) is 30.6. The van der Waals surface area contributed by atoms with Gasteiger partial charge in [-0.1, -0.05) is 133 Å². The molecule has 0 N–H and O–H groups in total. The van der Waals surface area contributed by atoms with Gasteiger partial charge in [0.05, 0.1) is 5.56 Å². The molecule has 10 rings (SSSR count). The van der Waals surface area contributed by atoms with E-state index in [1.807, 2.05) is 60.7 Å². The van der Waals surface area contributed by atoms with E-state index in [0.717, 1.165) is 61.2 Å². The van der Waals surface area contributed by atoms with E-state index in [1.54, 1.807) is 0 Å². The van der Waals surface area contributed by atoms with Crippen LogP contribution >= 0.6 is 0 Å². The SMILES string of the molecule is c1ccc(-c2ccc(N(c3ccc(-c4ccccc4)cc3)c3ccc(-c4c5oc(-c6ccccc6)nc5cc5c4oc4ccccc45)cc3)cc2)cc1. The fourth-order valence-electron chi connectivity index (χ4n) is 7.30. The van der Waals surface area contributed by atoms with E-state index in [-0.39, 0.29) is 0 Å². The maximum Gasteiger partial charge on any atom is 0.227 e. The number of furan rings is 1. The van der Waals surface area contributed by atoms with Gasteiger partial charge >= 0.3 is 0 Å². The van der Waals surface area contributed by atoms with Crippen molar-refractivity contribution in [1.29, 1.82) is 0 Å². The van der Waals surface area contributed by atoms with Crippen LogP contribution in [0.5, 0.6) is 0 Å². The maximum absolute atomic E-state index is 6.57. The Morgan fingerprint density at radius 1 is 0.358 bits per heavy atom. The summed E-state index contributed by atoms with van der Waals surface area (Å²) >= 11 is 0. The highest BCUT2D eigenvalue weighted by Crippen LogP contribution is 2.44. The first-order valence-corrected chi connectivity index (χ1v) is 17.8. The Morgan fingerprint density at radius 3 is 1.36 bits per heavy atom. The highest BCUT2D eigenvalue weighted by molar-refractivity contribution is 6.16. The molecule has 0 amide bonds. The molecule has 0 bridgehead atoms. The molecular formula is C49H32N2O2. The lowest BCUT2D eigenvalue weighted by Gasteiger charge is -2.26. The maximum atomic E-state index is 6.57. The molecule has 2 aromatic heterocycles. The van der Waals surface area contributed by atoms with Crippen molar-refractivity contribution in [1.82, 2.24) is 4.98 Å². The number of nitrogens with zero attached hydrogens (tertiary/aromatic N) is 2. The van der Waals surface area contributed by atoms with Crippen LogP contribution in [0.3, 0.4) is 0 Å². The number of aromatic nitrogens is 1. The molecule has 0 aliphatic rings. The average molecular weight is 681 g/mol. The Balaban J connectivity index is 1.11. The molecule has 53 heavy (non-hydrogen) atoms. The van der Waals surface area contributed by atoms with Crippen LogP contribution < -0.4 is 4.90 Å². The molecule has 0 fully saturated rings. The molecule has 4 heteroatoms. The summed E-state index contributed by atoms with van der Waals surface area (Å²) in [5.41, 5.74) is 13.8. The normalized spacial score (nSPS) is 11.4. The van der Waals surface area contributed by atoms with Gasteiger partial charge < -0.3 is 13.7 Å². The minimum Gasteiger partial charge on any atom is -0.455 e. The van der Waals surface area contributed by atoms with Crippen LogP contribution in [0.4, 0.5) is 17.1 Å². The third kappa shape index (κ3) is 5.54. The molecule has 2 heterocycles. The lowest BCUT2D eigenvalue weighted by atomic mass is 10.00. The van der Waals surface area contributed by atoms with E-state index in [0.29, 0.717) is 11.5 Å². The van der Waals surface area contributed by atoms with Gasteiger partial charge in [-0.05, 0) is 88.5 Å². The van der Waals surface area contributed by atoms with E-state index in [1.165, 1.54) is 22.3 Å². The third-order valence-electron chi connectivity index (χ3n) is 9.92. The Kier molecular flexibility index (Phi) is 7.43. The van der Waals surface area contributed by atoms with Gasteiger partial charge in [-0.2, -0.15) is 0 Å². The van der Waals surface area contributed by atoms with Crippen molar-refractivity contribution in [3.8, 4) is 44.8 Å². The summed E-state index contributed by atoms with van der Waals surface area (Å²) in [5, 5.41) is 2.06. The minimum atomic E-state index is 0.583. The smallest absolute Gasteiger partial charge is 0.227 e. The van der Waals surface area contributed by atoms with Crippen LogP contribution in [0.2, 0.25) is 0 Å². The third-order valence-corrected chi connectivity index (χ3v) is 9.92. The fraction of sp³-hybridized carbons (Fsp3) is 0. The molecule has 0 atom stereocenters. The van der Waals surface area contributed by atoms with Gasteiger partial charge in [0, 0.05) is 33.4 Å². The lowest BCUT2D eigenvalue weighted by Crippen LogP contribution is -2.09. The number of para-hydroxylation sites is 1. The summed E-state index contributed by atoms with van der Waals surface area (Å²) in [6, 6.07) is 67.5. The molecule has 0 saturated carbocycles. The van der Waals surface area contributed by atoms with Gasteiger partial charge in [0.15, 0.2) is 5.58 Å². The Hall–Kier alpha value is -7.17. The number of hydrogen-bond donors (Lipinski definition) is 0. The van der Waals surface area contributed by atoms with Gasteiger partial charge in [0.25, 0.3) is 0 Å². The Morgan fingerprint density at radius 2 is 0.811 bits per heavy atom. The van der Waals surface area contributed by atoms with Crippen molar-refractivity contribution in [2.45, 2.75) is 0 Å². The van der Waals surface area contributed by atoms with Crippen molar-refractivity contribution in [2.24, 2.45) is 0 Å². The zero-order chi connectivity index (χ0) is 35.1. The van der Waals surface area contributed by atoms with Crippen molar-refractivity contribution in [3.63, 3.8) is 0 Å². The molecule has 8 aromatic carbocycles. The fourth-order valence-corrected chi connectivity index (χ4v) is 7.30. The van der Waals surface area contributed by atoms with Crippen molar-refractivity contribution >= 4 is 50.1 Å². The van der Waals surface area contributed by atoms with Crippen molar-refractivity contribution in [2.75, 3.05) is 4.90 Å². The van der Waals surface area contributed by atoms with E-state index < -0.39 is 0 Å². The average Bonchev–Trinajstić information content (AvgIpc) is 3.83. The quantitative estimate of drug-likeness (QED) is 0.168. The highest BCUT2D eigenvalue weighted by atomic mass is 16.4. The summed E-state index contributed by atoms with van der Waals surface area (Å²) in [4.78, 5) is 7.27. The van der Waals surface area contributed by atoms with Gasteiger partial charge in [-0.15, -0.1) is 0 Å². The molecule has 0 spiro atoms. The second kappa shape index (κ2) is 12.9. The topological polar surface area (TPSA) is 42.4 Å². The first-order valence-electron chi connectivity index (χ1n) is 17.8. The minimum absolute atomic E-state index is 0.583. The molecule has 0 aliphatic carbocycles. The highest BCUT2D eigenvalue weighted by Gasteiger charge is 2.22. The second-order valence-corrected chi connectivity index (χ2v) is 13.2. The molecular weight excluding hydrogens is 649 g/mol. The number of fused-ring (bicyclic) bond motifs is 4. The van der Waals surface area contributed by atoms with E-state index >= 15 is 0 Å². The summed E-state index contributed by atoms with van der Waals surface area (Å²) in [7, 11) is 0. The Bertz CT molecular complexity index is 2760. The predicted molar refractivity (Wildman–Crippen MR) is 218 cm³/mol. The number of anilines is 3. The molecule has 10 aromatic rings. The van der Waals surface area contributed by atoms with Gasteiger partial charge in [-0.3, -0.25) is 0 Å². The van der Waals surface area contributed by atoms with Gasteiger partial charge in [0.2, 0.25) is 5.89 Å². The molecule has 0 unspecified atom stereocenters. The van der Waals surface area contributed by atoms with Crippen LogP contribution in [0.15, 0.2) is 203 Å². The van der Waals surface area contributed by atoms with Crippen molar-refractivity contribution < 1.29 is 8.83 Å². The number of benzene rings is 8. The largest absolute Gasteiger partial charge is 0.455 e. The monoisotopic (exact) mass is 680 g/mol. The van der Waals surface area contributed by atoms with Gasteiger partial charge in [-0.25, -0.2) is 4.98 Å². The van der Waals surface area contributed by atoms with Crippen LogP contribution in [0.1, 0.15) is 0 Å². The van der Waals surface area contributed by atoms with Crippen LogP contribution in [0.25, 0.3) is 77.9 Å². The molecule has 0 radical (unpaired) electrons. The summed E-state index contributed by atoms with van der Waals surface area (Å²) in [6.45, 7) is 0. The summed E-state index contributed by atoms with van der Waals surface area (Å²) in [6.07, 6.45) is 0. The number of rotatable bonds is 7. The van der Waals surface area contributed by atoms with E-state index in [4.69, 9.17) is 13.8 Å². The van der Waals surface area contributed by atoms with Crippen LogP contribution in [0, 0.1) is 0 Å². The standard InChI is InChI=1S/C49H32N2O2/c1-4-12-33(13-5-1)35-20-26-39(27-21-35)51(40-28-22-36(23-29-40)34-14-6-2-7-15-34)41-30-24-37(25-31-41)46-47-43(42-18-10-11-19-45(42)52-47)32-44-48(46)53-49(50-44)38-16-8-3-9-17-38/h1-32H. The number of hydrogen-bond acceptors (Lipinski definition) is 4. The van der Waals surface area contributed by atoms with Gasteiger partial charge in [0.1, 0.15) is 16.7 Å². The second-order valence-electron chi connectivity index (χ2n) is 13.2. The summed E-state index contributed by atoms with van der Waals surface area (Å²) < 4.78 is 13.1. The zero-order valence-corrected chi connectivity index (χ0v) is 28.7. The van der Waals surface area contributed by atoms with Crippen LogP contribution in [-0.4, -0.2) is 4.98 Å². The molecule has 0 saturated heterocycles. The summed E-state index contributed by atoms with van der Waals surface area (Å²) in [5.74, 6) is 0.583. The first-order chi connectivity index (χ1) is 26.3. The molecule has 0 aliphatic heterocycles.